The fourth-order valence-corrected chi connectivity index (χ4v) is 1.84. The number of alkyl halides is 3. The summed E-state index contributed by atoms with van der Waals surface area (Å²) in [5, 5.41) is 0. The van der Waals surface area contributed by atoms with Crippen LogP contribution in [0.15, 0.2) is 30.5 Å². The second-order valence-corrected chi connectivity index (χ2v) is 4.42. The predicted octanol–water partition coefficient (Wildman–Crippen LogP) is 3.35. The molecule has 0 bridgehead atoms. The summed E-state index contributed by atoms with van der Waals surface area (Å²) >= 11 is 0. The van der Waals surface area contributed by atoms with E-state index in [1.807, 2.05) is 0 Å². The Morgan fingerprint density at radius 2 is 2.04 bits per heavy atom. The molecule has 0 unspecified atom stereocenters. The highest BCUT2D eigenvalue weighted by atomic mass is 19.4. The number of benzene rings is 1. The number of ether oxygens (including phenoxy) is 2. The molecule has 1 aromatic heterocycles. The lowest BCUT2D eigenvalue weighted by molar-refractivity contribution is -0.137. The van der Waals surface area contributed by atoms with Crippen LogP contribution in [0, 0.1) is 0 Å². The van der Waals surface area contributed by atoms with Crippen LogP contribution in [0.1, 0.15) is 22.8 Å². The molecule has 0 fully saturated rings. The van der Waals surface area contributed by atoms with Crippen molar-refractivity contribution in [3.8, 4) is 17.3 Å². The lowest BCUT2D eigenvalue weighted by Gasteiger charge is -2.10. The maximum atomic E-state index is 12.8. The maximum Gasteiger partial charge on any atom is 0.416 e. The van der Waals surface area contributed by atoms with E-state index in [4.69, 9.17) is 9.47 Å². The summed E-state index contributed by atoms with van der Waals surface area (Å²) in [7, 11) is 1.29. The second-order valence-electron chi connectivity index (χ2n) is 4.42. The number of carbonyl (C=O) groups excluding carboxylic acids is 1. The first kappa shape index (κ1) is 16.7. The van der Waals surface area contributed by atoms with Crippen molar-refractivity contribution in [1.29, 1.82) is 0 Å². The van der Waals surface area contributed by atoms with Crippen LogP contribution < -0.4 is 4.74 Å². The highest BCUT2D eigenvalue weighted by Gasteiger charge is 2.30. The van der Waals surface area contributed by atoms with E-state index in [0.717, 1.165) is 12.1 Å². The number of methoxy groups -OCH3 is 1. The standard InChI is InChI=1S/C15H13F3N2O3/c1-3-23-14(21)11-8-19-12(20-13(11)22-2)9-5-4-6-10(7-9)15(16,17)18/h4-8H,3H2,1-2H3. The number of carbonyl (C=O) groups is 1. The van der Waals surface area contributed by atoms with Gasteiger partial charge in [0.2, 0.25) is 5.88 Å². The summed E-state index contributed by atoms with van der Waals surface area (Å²) in [6.07, 6.45) is -3.30. The smallest absolute Gasteiger partial charge is 0.416 e. The average molecular weight is 326 g/mol. The van der Waals surface area contributed by atoms with Gasteiger partial charge in [-0.05, 0) is 19.1 Å². The van der Waals surface area contributed by atoms with Crippen molar-refractivity contribution >= 4 is 5.97 Å². The van der Waals surface area contributed by atoms with E-state index in [2.05, 4.69) is 9.97 Å². The Hall–Kier alpha value is -2.64. The first-order chi connectivity index (χ1) is 10.9. The van der Waals surface area contributed by atoms with Gasteiger partial charge in [0, 0.05) is 11.8 Å². The third kappa shape index (κ3) is 3.77. The van der Waals surface area contributed by atoms with Crippen molar-refractivity contribution in [2.45, 2.75) is 13.1 Å². The first-order valence-corrected chi connectivity index (χ1v) is 6.62. The van der Waals surface area contributed by atoms with Gasteiger partial charge in [-0.1, -0.05) is 12.1 Å². The lowest BCUT2D eigenvalue weighted by Crippen LogP contribution is -2.09. The van der Waals surface area contributed by atoms with Crippen LogP contribution in [-0.2, 0) is 10.9 Å². The van der Waals surface area contributed by atoms with Crippen molar-refractivity contribution in [2.75, 3.05) is 13.7 Å². The van der Waals surface area contributed by atoms with Gasteiger partial charge >= 0.3 is 12.1 Å². The van der Waals surface area contributed by atoms with Gasteiger partial charge < -0.3 is 9.47 Å². The molecule has 2 rings (SSSR count). The summed E-state index contributed by atoms with van der Waals surface area (Å²) in [6, 6.07) is 4.58. The first-order valence-electron chi connectivity index (χ1n) is 6.62. The molecule has 8 heteroatoms. The minimum atomic E-state index is -4.47. The molecule has 0 aliphatic carbocycles. The SMILES string of the molecule is CCOC(=O)c1cnc(-c2cccc(C(F)(F)F)c2)nc1OC. The van der Waals surface area contributed by atoms with Crippen LogP contribution in [0.5, 0.6) is 5.88 Å². The van der Waals surface area contributed by atoms with Gasteiger partial charge in [-0.15, -0.1) is 0 Å². The van der Waals surface area contributed by atoms with Gasteiger partial charge in [0.25, 0.3) is 0 Å². The number of halogens is 3. The number of rotatable bonds is 4. The maximum absolute atomic E-state index is 12.8. The summed E-state index contributed by atoms with van der Waals surface area (Å²) in [5.74, 6) is -0.716. The zero-order chi connectivity index (χ0) is 17.0. The molecule has 122 valence electrons. The minimum Gasteiger partial charge on any atom is -0.480 e. The second kappa shape index (κ2) is 6.64. The Labute approximate surface area is 130 Å². The van der Waals surface area contributed by atoms with Gasteiger partial charge in [-0.25, -0.2) is 9.78 Å². The quantitative estimate of drug-likeness (QED) is 0.806. The fourth-order valence-electron chi connectivity index (χ4n) is 1.84. The third-order valence-electron chi connectivity index (χ3n) is 2.89. The Kier molecular flexibility index (Phi) is 4.83. The van der Waals surface area contributed by atoms with E-state index in [-0.39, 0.29) is 29.4 Å². The zero-order valence-corrected chi connectivity index (χ0v) is 12.3. The number of esters is 1. The number of hydrogen-bond acceptors (Lipinski definition) is 5. The Balaban J connectivity index is 2.44. The normalized spacial score (nSPS) is 11.2. The third-order valence-corrected chi connectivity index (χ3v) is 2.89. The van der Waals surface area contributed by atoms with Crippen molar-refractivity contribution in [1.82, 2.24) is 9.97 Å². The Morgan fingerprint density at radius 1 is 1.30 bits per heavy atom. The zero-order valence-electron chi connectivity index (χ0n) is 12.3. The van der Waals surface area contributed by atoms with Crippen LogP contribution >= 0.6 is 0 Å². The lowest BCUT2D eigenvalue weighted by atomic mass is 10.1. The molecule has 0 atom stereocenters. The predicted molar refractivity (Wildman–Crippen MR) is 75.0 cm³/mol. The molecule has 0 spiro atoms. The van der Waals surface area contributed by atoms with Crippen LogP contribution in [0.3, 0.4) is 0 Å². The molecule has 5 nitrogen and oxygen atoms in total. The van der Waals surface area contributed by atoms with Crippen molar-refractivity contribution < 1.29 is 27.4 Å². The molecule has 2 aromatic rings. The summed E-state index contributed by atoms with van der Waals surface area (Å²) in [5.41, 5.74) is -0.648. The van der Waals surface area contributed by atoms with Gasteiger partial charge in [-0.2, -0.15) is 18.2 Å². The summed E-state index contributed by atoms with van der Waals surface area (Å²) in [4.78, 5) is 19.6. The van der Waals surface area contributed by atoms with Gasteiger partial charge in [0.15, 0.2) is 5.82 Å². The van der Waals surface area contributed by atoms with Gasteiger partial charge in [-0.3, -0.25) is 0 Å². The molecule has 23 heavy (non-hydrogen) atoms. The highest BCUT2D eigenvalue weighted by molar-refractivity contribution is 5.91. The largest absolute Gasteiger partial charge is 0.480 e. The van der Waals surface area contributed by atoms with E-state index in [0.29, 0.717) is 0 Å². The van der Waals surface area contributed by atoms with Crippen molar-refractivity contribution in [2.24, 2.45) is 0 Å². The topological polar surface area (TPSA) is 61.3 Å². The van der Waals surface area contributed by atoms with E-state index in [1.54, 1.807) is 6.92 Å². The Morgan fingerprint density at radius 3 is 2.65 bits per heavy atom. The Bertz CT molecular complexity index is 717. The minimum absolute atomic E-state index is 0.00470. The fraction of sp³-hybridized carbons (Fsp3) is 0.267. The monoisotopic (exact) mass is 326 g/mol. The van der Waals surface area contributed by atoms with Crippen LogP contribution in [-0.4, -0.2) is 29.7 Å². The number of aromatic nitrogens is 2. The molecule has 0 amide bonds. The summed E-state index contributed by atoms with van der Waals surface area (Å²) < 4.78 is 48.1. The number of nitrogens with zero attached hydrogens (tertiary/aromatic N) is 2. The van der Waals surface area contributed by atoms with Gasteiger partial charge in [0.1, 0.15) is 5.56 Å². The molecule has 0 saturated carbocycles. The molecule has 0 aliphatic heterocycles. The molecule has 1 aromatic carbocycles. The molecule has 0 saturated heterocycles. The highest BCUT2D eigenvalue weighted by Crippen LogP contribution is 2.31. The van der Waals surface area contributed by atoms with E-state index in [1.165, 1.54) is 25.4 Å². The van der Waals surface area contributed by atoms with Crippen LogP contribution in [0.2, 0.25) is 0 Å². The molecule has 1 heterocycles. The van der Waals surface area contributed by atoms with Crippen LogP contribution in [0.25, 0.3) is 11.4 Å². The molecule has 0 N–H and O–H groups in total. The van der Waals surface area contributed by atoms with E-state index < -0.39 is 17.7 Å². The molecular formula is C15H13F3N2O3. The van der Waals surface area contributed by atoms with E-state index in [9.17, 15) is 18.0 Å². The van der Waals surface area contributed by atoms with Crippen molar-refractivity contribution in [3.63, 3.8) is 0 Å². The molecule has 0 aliphatic rings. The van der Waals surface area contributed by atoms with Crippen molar-refractivity contribution in [3.05, 3.63) is 41.6 Å². The average Bonchev–Trinajstić information content (AvgIpc) is 2.53. The molecule has 0 radical (unpaired) electrons. The van der Waals surface area contributed by atoms with E-state index >= 15 is 0 Å². The van der Waals surface area contributed by atoms with Crippen LogP contribution in [0.4, 0.5) is 13.2 Å². The number of hydrogen-bond donors (Lipinski definition) is 0. The summed E-state index contributed by atoms with van der Waals surface area (Å²) in [6.45, 7) is 1.81. The van der Waals surface area contributed by atoms with Gasteiger partial charge in [0.05, 0.1) is 19.3 Å². The molecular weight excluding hydrogens is 313 g/mol.